The van der Waals surface area contributed by atoms with Crippen molar-refractivity contribution in [2.45, 2.75) is 58.2 Å². The van der Waals surface area contributed by atoms with Gasteiger partial charge in [0.2, 0.25) is 0 Å². The van der Waals surface area contributed by atoms with Gasteiger partial charge >= 0.3 is 0 Å². The van der Waals surface area contributed by atoms with E-state index in [1.54, 1.807) is 0 Å². The summed E-state index contributed by atoms with van der Waals surface area (Å²) in [7, 11) is 0. The lowest BCUT2D eigenvalue weighted by atomic mass is 10.1. The maximum absolute atomic E-state index is 4.47. The second-order valence-electron chi connectivity index (χ2n) is 3.89. The van der Waals surface area contributed by atoms with Gasteiger partial charge in [0.25, 0.3) is 0 Å². The van der Waals surface area contributed by atoms with E-state index >= 15 is 0 Å². The summed E-state index contributed by atoms with van der Waals surface area (Å²) in [6.07, 6.45) is 4.54. The Kier molecular flexibility index (Phi) is 6.48. The van der Waals surface area contributed by atoms with Gasteiger partial charge in [0.05, 0.1) is 0 Å². The second kappa shape index (κ2) is 6.47. The van der Waals surface area contributed by atoms with E-state index in [-0.39, 0.29) is 4.75 Å². The number of rotatable bonds is 6. The van der Waals surface area contributed by atoms with Crippen molar-refractivity contribution in [3.63, 3.8) is 0 Å². The van der Waals surface area contributed by atoms with E-state index in [0.717, 1.165) is 6.42 Å². The van der Waals surface area contributed by atoms with Crippen molar-refractivity contribution in [3.05, 3.63) is 0 Å². The summed E-state index contributed by atoms with van der Waals surface area (Å²) in [5, 5.41) is 0. The van der Waals surface area contributed by atoms with Crippen LogP contribution < -0.4 is 0 Å². The molecule has 0 aliphatic carbocycles. The summed E-state index contributed by atoms with van der Waals surface area (Å²) in [4.78, 5) is 4.47. The molecule has 0 fully saturated rings. The fourth-order valence-corrected chi connectivity index (χ4v) is 1.88. The van der Waals surface area contributed by atoms with Crippen molar-refractivity contribution in [1.82, 2.24) is 0 Å². The molecule has 0 saturated carbocycles. The summed E-state index contributed by atoms with van der Waals surface area (Å²) < 4.78 is 0.250. The van der Waals surface area contributed by atoms with E-state index in [1.165, 1.54) is 12.2 Å². The number of hydrogen-bond acceptors (Lipinski definition) is 2. The normalized spacial score (nSPS) is 16.8. The molecule has 0 radical (unpaired) electrons. The maximum Gasteiger partial charge on any atom is 0.0476 e. The third-order valence-corrected chi connectivity index (χ3v) is 3.65. The zero-order valence-electron chi connectivity index (χ0n) is 9.63. The van der Waals surface area contributed by atoms with E-state index in [4.69, 9.17) is 0 Å². The van der Waals surface area contributed by atoms with Crippen LogP contribution in [0, 0.1) is 0 Å². The van der Waals surface area contributed by atoms with Crippen LogP contribution in [0.2, 0.25) is 0 Å². The summed E-state index contributed by atoms with van der Waals surface area (Å²) in [5.41, 5.74) is 0. The van der Waals surface area contributed by atoms with Gasteiger partial charge in [-0.15, -0.1) is 11.8 Å². The Morgan fingerprint density at radius 1 is 1.38 bits per heavy atom. The van der Waals surface area contributed by atoms with Crippen LogP contribution in [0.1, 0.15) is 47.5 Å². The number of hydrogen-bond donors (Lipinski definition) is 0. The first-order chi connectivity index (χ1) is 6.04. The lowest BCUT2D eigenvalue weighted by Crippen LogP contribution is -2.22. The van der Waals surface area contributed by atoms with E-state index in [0.29, 0.717) is 6.04 Å². The SMILES string of the molecule is CCCSC(C)(C=NC(C)C)CC. The van der Waals surface area contributed by atoms with Crippen LogP contribution in [0.4, 0.5) is 0 Å². The zero-order valence-corrected chi connectivity index (χ0v) is 10.4. The molecule has 0 aromatic rings. The molecule has 0 aromatic carbocycles. The van der Waals surface area contributed by atoms with Crippen LogP contribution >= 0.6 is 11.8 Å². The molecule has 1 unspecified atom stereocenters. The third kappa shape index (κ3) is 6.14. The predicted octanol–water partition coefficient (Wildman–Crippen LogP) is 3.78. The molecule has 0 aromatic heterocycles. The lowest BCUT2D eigenvalue weighted by molar-refractivity contribution is 0.777. The Balaban J connectivity index is 4.10. The minimum absolute atomic E-state index is 0.250. The second-order valence-corrected chi connectivity index (χ2v) is 5.52. The fraction of sp³-hybridized carbons (Fsp3) is 0.909. The smallest absolute Gasteiger partial charge is 0.0476 e. The van der Waals surface area contributed by atoms with Crippen LogP contribution in [0.3, 0.4) is 0 Å². The first-order valence-electron chi connectivity index (χ1n) is 5.22. The predicted molar refractivity (Wildman–Crippen MR) is 65.1 cm³/mol. The first-order valence-corrected chi connectivity index (χ1v) is 6.21. The molecule has 78 valence electrons. The average molecular weight is 201 g/mol. The van der Waals surface area contributed by atoms with Gasteiger partial charge in [-0.05, 0) is 39.4 Å². The highest BCUT2D eigenvalue weighted by molar-refractivity contribution is 8.01. The van der Waals surface area contributed by atoms with Gasteiger partial charge in [-0.2, -0.15) is 0 Å². The summed E-state index contributed by atoms with van der Waals surface area (Å²) >= 11 is 2.02. The molecule has 0 heterocycles. The van der Waals surface area contributed by atoms with Crippen LogP contribution in [-0.4, -0.2) is 22.8 Å². The molecule has 0 aliphatic rings. The highest BCUT2D eigenvalue weighted by atomic mass is 32.2. The standard InChI is InChI=1S/C11H23NS/c1-6-8-13-11(5,7-2)9-12-10(3)4/h9-10H,6-8H2,1-5H3. The highest BCUT2D eigenvalue weighted by Gasteiger charge is 2.19. The lowest BCUT2D eigenvalue weighted by Gasteiger charge is -2.22. The van der Waals surface area contributed by atoms with Crippen LogP contribution in [0.25, 0.3) is 0 Å². The Hall–Kier alpha value is 0.0200. The summed E-state index contributed by atoms with van der Waals surface area (Å²) in [5.74, 6) is 1.23. The van der Waals surface area contributed by atoms with Crippen molar-refractivity contribution in [3.8, 4) is 0 Å². The molecule has 0 aliphatic heterocycles. The van der Waals surface area contributed by atoms with Gasteiger partial charge in [-0.3, -0.25) is 4.99 Å². The fourth-order valence-electron chi connectivity index (χ4n) is 0.873. The van der Waals surface area contributed by atoms with Crippen molar-refractivity contribution in [1.29, 1.82) is 0 Å². The molecule has 0 rings (SSSR count). The Bertz CT molecular complexity index is 154. The Labute approximate surface area is 87.4 Å². The van der Waals surface area contributed by atoms with E-state index < -0.39 is 0 Å². The van der Waals surface area contributed by atoms with Gasteiger partial charge in [-0.25, -0.2) is 0 Å². The van der Waals surface area contributed by atoms with Gasteiger partial charge in [-0.1, -0.05) is 13.8 Å². The molecule has 1 nitrogen and oxygen atoms in total. The molecular formula is C11H23NS. The van der Waals surface area contributed by atoms with Gasteiger partial charge < -0.3 is 0 Å². The Morgan fingerprint density at radius 2 is 2.00 bits per heavy atom. The number of nitrogens with zero attached hydrogens (tertiary/aromatic N) is 1. The van der Waals surface area contributed by atoms with E-state index in [9.17, 15) is 0 Å². The monoisotopic (exact) mass is 201 g/mol. The highest BCUT2D eigenvalue weighted by Crippen LogP contribution is 2.27. The van der Waals surface area contributed by atoms with Crippen molar-refractivity contribution < 1.29 is 0 Å². The quantitative estimate of drug-likeness (QED) is 0.596. The van der Waals surface area contributed by atoms with E-state index in [1.807, 2.05) is 11.8 Å². The minimum atomic E-state index is 0.250. The average Bonchev–Trinajstić information content (AvgIpc) is 2.11. The van der Waals surface area contributed by atoms with Crippen molar-refractivity contribution in [2.75, 3.05) is 5.75 Å². The van der Waals surface area contributed by atoms with Crippen molar-refractivity contribution in [2.24, 2.45) is 4.99 Å². The molecule has 0 bridgehead atoms. The van der Waals surface area contributed by atoms with Crippen LogP contribution in [-0.2, 0) is 0 Å². The van der Waals surface area contributed by atoms with E-state index in [2.05, 4.69) is 45.8 Å². The summed E-state index contributed by atoms with van der Waals surface area (Å²) in [6.45, 7) is 11.0. The van der Waals surface area contributed by atoms with Crippen LogP contribution in [0.15, 0.2) is 4.99 Å². The number of thioether (sulfide) groups is 1. The molecular weight excluding hydrogens is 178 g/mol. The largest absolute Gasteiger partial charge is 0.293 e. The third-order valence-electron chi connectivity index (χ3n) is 1.98. The molecule has 13 heavy (non-hydrogen) atoms. The maximum atomic E-state index is 4.47. The van der Waals surface area contributed by atoms with Gasteiger partial charge in [0.15, 0.2) is 0 Å². The molecule has 0 N–H and O–H groups in total. The molecule has 0 saturated heterocycles. The molecule has 0 spiro atoms. The minimum Gasteiger partial charge on any atom is -0.293 e. The summed E-state index contributed by atoms with van der Waals surface area (Å²) in [6, 6.07) is 0.424. The van der Waals surface area contributed by atoms with Gasteiger partial charge in [0, 0.05) is 17.0 Å². The molecule has 1 atom stereocenters. The molecule has 0 amide bonds. The first kappa shape index (κ1) is 13.0. The molecule has 2 heteroatoms. The number of aliphatic imine (C=N–C) groups is 1. The van der Waals surface area contributed by atoms with Crippen LogP contribution in [0.5, 0.6) is 0 Å². The zero-order chi connectivity index (χ0) is 10.3. The Morgan fingerprint density at radius 3 is 2.38 bits per heavy atom. The van der Waals surface area contributed by atoms with Crippen molar-refractivity contribution >= 4 is 18.0 Å². The topological polar surface area (TPSA) is 12.4 Å². The van der Waals surface area contributed by atoms with Gasteiger partial charge in [0.1, 0.15) is 0 Å².